The highest BCUT2D eigenvalue weighted by atomic mass is 16.2. The van der Waals surface area contributed by atoms with Crippen molar-refractivity contribution in [2.75, 3.05) is 11.9 Å². The zero-order chi connectivity index (χ0) is 23.0. The lowest BCUT2D eigenvalue weighted by Crippen LogP contribution is -2.42. The third kappa shape index (κ3) is 3.64. The molecule has 0 aliphatic carbocycles. The number of aromatic nitrogens is 2. The number of para-hydroxylation sites is 1. The van der Waals surface area contributed by atoms with Gasteiger partial charge in [-0.15, -0.1) is 0 Å². The van der Waals surface area contributed by atoms with Crippen LogP contribution in [0.5, 0.6) is 0 Å². The number of rotatable bonds is 5. The van der Waals surface area contributed by atoms with E-state index in [-0.39, 0.29) is 6.54 Å². The van der Waals surface area contributed by atoms with E-state index in [0.29, 0.717) is 16.9 Å². The summed E-state index contributed by atoms with van der Waals surface area (Å²) in [6, 6.07) is 16.4. The van der Waals surface area contributed by atoms with Crippen LogP contribution in [0.1, 0.15) is 29.4 Å². The number of aryl methyl sites for hydroxylation is 2. The Bertz CT molecular complexity index is 1200. The first-order valence-corrected chi connectivity index (χ1v) is 10.3. The first kappa shape index (κ1) is 21.3. The molecule has 4 rings (SSSR count). The topological polar surface area (TPSA) is 96.3 Å². The molecule has 2 aromatic carbocycles. The summed E-state index contributed by atoms with van der Waals surface area (Å²) < 4.78 is 1.74. The van der Waals surface area contributed by atoms with E-state index < -0.39 is 23.4 Å². The van der Waals surface area contributed by atoms with Crippen LogP contribution in [0.25, 0.3) is 5.69 Å². The lowest BCUT2D eigenvalue weighted by Gasteiger charge is -2.22. The van der Waals surface area contributed by atoms with Crippen LogP contribution in [0.3, 0.4) is 0 Å². The SMILES string of the molecule is Cc1ccc(C2(C)NC(=O)N(CC(=O)Nc3c(C)nn(-c4ccccc4)c3C)C2=O)cc1. The predicted molar refractivity (Wildman–Crippen MR) is 120 cm³/mol. The van der Waals surface area contributed by atoms with E-state index in [1.165, 1.54) is 0 Å². The van der Waals surface area contributed by atoms with Crippen molar-refractivity contribution in [2.45, 2.75) is 33.2 Å². The molecule has 8 nitrogen and oxygen atoms in total. The van der Waals surface area contributed by atoms with Crippen LogP contribution in [0.4, 0.5) is 10.5 Å². The van der Waals surface area contributed by atoms with Crippen molar-refractivity contribution < 1.29 is 14.4 Å². The summed E-state index contributed by atoms with van der Waals surface area (Å²) in [5.74, 6) is -0.935. The summed E-state index contributed by atoms with van der Waals surface area (Å²) in [5, 5.41) is 10.0. The molecule has 32 heavy (non-hydrogen) atoms. The second kappa shape index (κ2) is 7.96. The molecule has 1 fully saturated rings. The molecule has 4 amide bonds. The minimum atomic E-state index is -1.21. The monoisotopic (exact) mass is 431 g/mol. The highest BCUT2D eigenvalue weighted by Crippen LogP contribution is 2.29. The van der Waals surface area contributed by atoms with Crippen molar-refractivity contribution >= 4 is 23.5 Å². The molecule has 0 saturated carbocycles. The van der Waals surface area contributed by atoms with E-state index in [1.54, 1.807) is 18.5 Å². The van der Waals surface area contributed by atoms with Gasteiger partial charge in [0.25, 0.3) is 5.91 Å². The maximum Gasteiger partial charge on any atom is 0.325 e. The van der Waals surface area contributed by atoms with Crippen molar-refractivity contribution in [3.05, 3.63) is 77.1 Å². The van der Waals surface area contributed by atoms with Gasteiger partial charge in [0.15, 0.2) is 0 Å². The first-order chi connectivity index (χ1) is 15.2. The molecule has 2 N–H and O–H groups in total. The van der Waals surface area contributed by atoms with Gasteiger partial charge in [-0.3, -0.25) is 14.5 Å². The number of benzene rings is 2. The van der Waals surface area contributed by atoms with Crippen molar-refractivity contribution in [1.82, 2.24) is 20.0 Å². The number of imide groups is 1. The summed E-state index contributed by atoms with van der Waals surface area (Å²) in [6.45, 7) is 6.85. The number of anilines is 1. The summed E-state index contributed by atoms with van der Waals surface area (Å²) in [7, 11) is 0. The molecule has 8 heteroatoms. The minimum absolute atomic E-state index is 0.387. The number of urea groups is 1. The zero-order valence-corrected chi connectivity index (χ0v) is 18.5. The Kier molecular flexibility index (Phi) is 5.30. The molecule has 164 valence electrons. The van der Waals surface area contributed by atoms with E-state index in [2.05, 4.69) is 15.7 Å². The number of carbonyl (C=O) groups is 3. The molecule has 1 aromatic heterocycles. The van der Waals surface area contributed by atoms with Gasteiger partial charge in [0, 0.05) is 0 Å². The van der Waals surface area contributed by atoms with Crippen LogP contribution >= 0.6 is 0 Å². The van der Waals surface area contributed by atoms with E-state index in [4.69, 9.17) is 0 Å². The average Bonchev–Trinajstić information content (AvgIpc) is 3.17. The normalized spacial score (nSPS) is 18.1. The number of nitrogens with zero attached hydrogens (tertiary/aromatic N) is 3. The lowest BCUT2D eigenvalue weighted by molar-refractivity contribution is -0.133. The van der Waals surface area contributed by atoms with Gasteiger partial charge in [0.1, 0.15) is 12.1 Å². The van der Waals surface area contributed by atoms with Gasteiger partial charge < -0.3 is 10.6 Å². The maximum absolute atomic E-state index is 13.1. The second-order valence-corrected chi connectivity index (χ2v) is 8.15. The number of hydrogen-bond donors (Lipinski definition) is 2. The number of nitrogens with one attached hydrogen (secondary N) is 2. The summed E-state index contributed by atoms with van der Waals surface area (Å²) in [4.78, 5) is 39.4. The first-order valence-electron chi connectivity index (χ1n) is 10.3. The summed E-state index contributed by atoms with van der Waals surface area (Å²) >= 11 is 0. The molecular formula is C24H25N5O3. The molecule has 1 aliphatic heterocycles. The van der Waals surface area contributed by atoms with Crippen LogP contribution in [0.2, 0.25) is 0 Å². The number of amides is 4. The van der Waals surface area contributed by atoms with E-state index >= 15 is 0 Å². The minimum Gasteiger partial charge on any atom is -0.321 e. The van der Waals surface area contributed by atoms with Crippen LogP contribution in [0, 0.1) is 20.8 Å². The molecule has 1 aliphatic rings. The van der Waals surface area contributed by atoms with Crippen molar-refractivity contribution in [3.63, 3.8) is 0 Å². The van der Waals surface area contributed by atoms with Gasteiger partial charge in [-0.2, -0.15) is 5.10 Å². The quantitative estimate of drug-likeness (QED) is 0.607. The van der Waals surface area contributed by atoms with Gasteiger partial charge >= 0.3 is 6.03 Å². The largest absolute Gasteiger partial charge is 0.325 e. The molecule has 2 heterocycles. The Morgan fingerprint density at radius 1 is 1.03 bits per heavy atom. The van der Waals surface area contributed by atoms with Crippen LogP contribution < -0.4 is 10.6 Å². The molecule has 0 spiro atoms. The predicted octanol–water partition coefficient (Wildman–Crippen LogP) is 3.20. The summed E-state index contributed by atoms with van der Waals surface area (Å²) in [6.07, 6.45) is 0. The molecule has 1 unspecified atom stereocenters. The molecule has 1 saturated heterocycles. The van der Waals surface area contributed by atoms with Crippen LogP contribution in [-0.4, -0.2) is 39.1 Å². The number of carbonyl (C=O) groups excluding carboxylic acids is 3. The van der Waals surface area contributed by atoms with Crippen LogP contribution in [0.15, 0.2) is 54.6 Å². The fraction of sp³-hybridized carbons (Fsp3) is 0.250. The van der Waals surface area contributed by atoms with Gasteiger partial charge in [0.05, 0.1) is 22.8 Å². The highest BCUT2D eigenvalue weighted by Gasteiger charge is 2.49. The Morgan fingerprint density at radius 2 is 1.69 bits per heavy atom. The van der Waals surface area contributed by atoms with E-state index in [9.17, 15) is 14.4 Å². The van der Waals surface area contributed by atoms with Gasteiger partial charge in [-0.1, -0.05) is 48.0 Å². The molecular weight excluding hydrogens is 406 g/mol. The zero-order valence-electron chi connectivity index (χ0n) is 18.5. The van der Waals surface area contributed by atoms with E-state index in [0.717, 1.165) is 21.8 Å². The number of hydrogen-bond acceptors (Lipinski definition) is 4. The fourth-order valence-corrected chi connectivity index (χ4v) is 3.89. The van der Waals surface area contributed by atoms with Crippen molar-refractivity contribution in [2.24, 2.45) is 0 Å². The Labute approximate surface area is 186 Å². The molecule has 1 atom stereocenters. The highest BCUT2D eigenvalue weighted by molar-refractivity contribution is 6.10. The third-order valence-electron chi connectivity index (χ3n) is 5.76. The molecule has 0 radical (unpaired) electrons. The van der Waals surface area contributed by atoms with Gasteiger partial charge in [-0.05, 0) is 45.4 Å². The molecule has 3 aromatic rings. The van der Waals surface area contributed by atoms with Gasteiger partial charge in [0.2, 0.25) is 5.91 Å². The second-order valence-electron chi connectivity index (χ2n) is 8.15. The van der Waals surface area contributed by atoms with Crippen molar-refractivity contribution in [3.8, 4) is 5.69 Å². The van der Waals surface area contributed by atoms with E-state index in [1.807, 2.05) is 68.4 Å². The smallest absolute Gasteiger partial charge is 0.321 e. The molecule has 0 bridgehead atoms. The Hall–Kier alpha value is -3.94. The van der Waals surface area contributed by atoms with Crippen molar-refractivity contribution in [1.29, 1.82) is 0 Å². The summed E-state index contributed by atoms with van der Waals surface area (Å²) in [5.41, 5.74) is 3.33. The standard InChI is InChI=1S/C24H25N5O3/c1-15-10-12-18(13-11-15)24(4)22(31)28(23(32)26-24)14-20(30)25-21-16(2)27-29(17(21)3)19-8-6-5-7-9-19/h5-13H,14H2,1-4H3,(H,25,30)(H,26,32). The Balaban J connectivity index is 1.51. The van der Waals surface area contributed by atoms with Crippen LogP contribution in [-0.2, 0) is 15.1 Å². The maximum atomic E-state index is 13.1. The Morgan fingerprint density at radius 3 is 2.34 bits per heavy atom. The van der Waals surface area contributed by atoms with Gasteiger partial charge in [-0.25, -0.2) is 9.48 Å². The third-order valence-corrected chi connectivity index (χ3v) is 5.76. The lowest BCUT2D eigenvalue weighted by atomic mass is 9.91. The average molecular weight is 431 g/mol. The fourth-order valence-electron chi connectivity index (χ4n) is 3.89.